The molecule has 0 spiro atoms. The second kappa shape index (κ2) is 7.69. The highest BCUT2D eigenvalue weighted by atomic mass is 35.5. The van der Waals surface area contributed by atoms with Gasteiger partial charge in [-0.05, 0) is 25.9 Å². The average Bonchev–Trinajstić information content (AvgIpc) is 2.56. The lowest BCUT2D eigenvalue weighted by Crippen LogP contribution is -2.27. The Bertz CT molecular complexity index is 305. The van der Waals surface area contributed by atoms with Crippen molar-refractivity contribution in [1.82, 2.24) is 20.0 Å². The van der Waals surface area contributed by atoms with Gasteiger partial charge >= 0.3 is 0 Å². The van der Waals surface area contributed by atoms with Gasteiger partial charge in [0.2, 0.25) is 0 Å². The second-order valence-electron chi connectivity index (χ2n) is 4.49. The Morgan fingerprint density at radius 2 is 2.24 bits per heavy atom. The molecule has 4 nitrogen and oxygen atoms in total. The first-order valence-electron chi connectivity index (χ1n) is 6.33. The molecule has 0 saturated carbocycles. The van der Waals surface area contributed by atoms with Gasteiger partial charge in [-0.2, -0.15) is 5.10 Å². The van der Waals surface area contributed by atoms with Crippen molar-refractivity contribution in [2.24, 2.45) is 0 Å². The van der Waals surface area contributed by atoms with Crippen molar-refractivity contribution in [1.29, 1.82) is 0 Å². The number of hydrogen-bond acceptors (Lipinski definition) is 3. The van der Waals surface area contributed by atoms with E-state index in [9.17, 15) is 0 Å². The molecular weight excluding hydrogens is 236 g/mol. The van der Waals surface area contributed by atoms with Gasteiger partial charge in [-0.1, -0.05) is 6.92 Å². The molecule has 2 rings (SSSR count). The minimum atomic E-state index is 0. The molecule has 5 heteroatoms. The van der Waals surface area contributed by atoms with Gasteiger partial charge in [-0.15, -0.1) is 12.4 Å². The van der Waals surface area contributed by atoms with E-state index in [1.165, 1.54) is 18.5 Å². The molecule has 0 amide bonds. The third kappa shape index (κ3) is 4.66. The number of rotatable bonds is 4. The number of aromatic nitrogens is 2. The van der Waals surface area contributed by atoms with E-state index in [2.05, 4.69) is 28.4 Å². The van der Waals surface area contributed by atoms with E-state index >= 15 is 0 Å². The Balaban J connectivity index is 0.00000144. The van der Waals surface area contributed by atoms with E-state index in [0.29, 0.717) is 0 Å². The van der Waals surface area contributed by atoms with Crippen LogP contribution in [0.15, 0.2) is 12.4 Å². The first kappa shape index (κ1) is 14.5. The maximum atomic E-state index is 4.37. The number of aryl methyl sites for hydroxylation is 1. The molecule has 1 aliphatic rings. The highest BCUT2D eigenvalue weighted by Gasteiger charge is 2.09. The minimum Gasteiger partial charge on any atom is -0.315 e. The molecule has 0 bridgehead atoms. The zero-order valence-corrected chi connectivity index (χ0v) is 11.4. The monoisotopic (exact) mass is 258 g/mol. The number of halogens is 1. The minimum absolute atomic E-state index is 0. The van der Waals surface area contributed by atoms with Crippen LogP contribution in [0.4, 0.5) is 0 Å². The summed E-state index contributed by atoms with van der Waals surface area (Å²) in [5, 5.41) is 7.80. The molecular formula is C12H23ClN4. The first-order chi connectivity index (χ1) is 7.88. The van der Waals surface area contributed by atoms with Gasteiger partial charge in [-0.25, -0.2) is 0 Å². The predicted octanol–water partition coefficient (Wildman–Crippen LogP) is 1.51. The van der Waals surface area contributed by atoms with Gasteiger partial charge in [0.25, 0.3) is 0 Å². The van der Waals surface area contributed by atoms with Crippen LogP contribution in [0.5, 0.6) is 0 Å². The Morgan fingerprint density at radius 3 is 3.06 bits per heavy atom. The molecule has 0 unspecified atom stereocenters. The quantitative estimate of drug-likeness (QED) is 0.889. The molecule has 17 heavy (non-hydrogen) atoms. The number of nitrogens with one attached hydrogen (secondary N) is 1. The van der Waals surface area contributed by atoms with Crippen molar-refractivity contribution in [3.05, 3.63) is 18.0 Å². The first-order valence-corrected chi connectivity index (χ1v) is 6.33. The molecule has 1 saturated heterocycles. The van der Waals surface area contributed by atoms with Crippen LogP contribution in [0, 0.1) is 0 Å². The third-order valence-electron chi connectivity index (χ3n) is 2.98. The van der Waals surface area contributed by atoms with Crippen molar-refractivity contribution >= 4 is 12.4 Å². The van der Waals surface area contributed by atoms with Gasteiger partial charge in [-0.3, -0.25) is 9.58 Å². The Kier molecular flexibility index (Phi) is 6.55. The van der Waals surface area contributed by atoms with Gasteiger partial charge in [0.15, 0.2) is 0 Å². The summed E-state index contributed by atoms with van der Waals surface area (Å²) in [6.45, 7) is 8.88. The van der Waals surface area contributed by atoms with Crippen LogP contribution in [-0.2, 0) is 13.1 Å². The zero-order chi connectivity index (χ0) is 11.2. The lowest BCUT2D eigenvalue weighted by molar-refractivity contribution is 0.284. The molecule has 1 aromatic rings. The van der Waals surface area contributed by atoms with Crippen molar-refractivity contribution in [2.45, 2.75) is 32.9 Å². The van der Waals surface area contributed by atoms with Crippen molar-refractivity contribution in [3.8, 4) is 0 Å². The standard InChI is InChI=1S/C12H22N4.ClH/c1-2-6-16-11-12(9-14-16)10-15-7-3-4-13-5-8-15;/h9,11,13H,2-8,10H2,1H3;1H. The van der Waals surface area contributed by atoms with Crippen LogP contribution >= 0.6 is 12.4 Å². The van der Waals surface area contributed by atoms with Crippen LogP contribution in [0.3, 0.4) is 0 Å². The molecule has 1 aliphatic heterocycles. The summed E-state index contributed by atoms with van der Waals surface area (Å²) in [6.07, 6.45) is 6.59. The smallest absolute Gasteiger partial charge is 0.0534 e. The summed E-state index contributed by atoms with van der Waals surface area (Å²) in [6, 6.07) is 0. The number of hydrogen-bond donors (Lipinski definition) is 1. The molecule has 1 N–H and O–H groups in total. The van der Waals surface area contributed by atoms with E-state index in [1.807, 2.05) is 10.9 Å². The summed E-state index contributed by atoms with van der Waals surface area (Å²) in [5.41, 5.74) is 1.34. The largest absolute Gasteiger partial charge is 0.315 e. The third-order valence-corrected chi connectivity index (χ3v) is 2.98. The van der Waals surface area contributed by atoms with E-state index < -0.39 is 0 Å². The maximum Gasteiger partial charge on any atom is 0.0534 e. The van der Waals surface area contributed by atoms with Crippen LogP contribution in [-0.4, -0.2) is 40.9 Å². The molecule has 0 radical (unpaired) electrons. The van der Waals surface area contributed by atoms with Crippen LogP contribution in [0.25, 0.3) is 0 Å². The van der Waals surface area contributed by atoms with Crippen molar-refractivity contribution < 1.29 is 0 Å². The average molecular weight is 259 g/mol. The van der Waals surface area contributed by atoms with Crippen LogP contribution in [0.2, 0.25) is 0 Å². The summed E-state index contributed by atoms with van der Waals surface area (Å²) in [5.74, 6) is 0. The topological polar surface area (TPSA) is 33.1 Å². The molecule has 1 fully saturated rings. The second-order valence-corrected chi connectivity index (χ2v) is 4.49. The van der Waals surface area contributed by atoms with Gasteiger partial charge < -0.3 is 5.32 Å². The molecule has 0 atom stereocenters. The van der Waals surface area contributed by atoms with Crippen molar-refractivity contribution in [3.63, 3.8) is 0 Å². The van der Waals surface area contributed by atoms with E-state index in [-0.39, 0.29) is 12.4 Å². The maximum absolute atomic E-state index is 4.37. The van der Waals surface area contributed by atoms with Gasteiger partial charge in [0, 0.05) is 37.9 Å². The fraction of sp³-hybridized carbons (Fsp3) is 0.750. The predicted molar refractivity (Wildman–Crippen MR) is 72.5 cm³/mol. The summed E-state index contributed by atoms with van der Waals surface area (Å²) in [7, 11) is 0. The molecule has 2 heterocycles. The highest BCUT2D eigenvalue weighted by Crippen LogP contribution is 2.05. The normalized spacial score (nSPS) is 17.5. The SMILES string of the molecule is CCCn1cc(CN2CCCNCC2)cn1.Cl. The van der Waals surface area contributed by atoms with E-state index in [0.717, 1.165) is 39.1 Å². The Morgan fingerprint density at radius 1 is 1.35 bits per heavy atom. The highest BCUT2D eigenvalue weighted by molar-refractivity contribution is 5.85. The molecule has 0 aromatic carbocycles. The fourth-order valence-electron chi connectivity index (χ4n) is 2.16. The Hall–Kier alpha value is -0.580. The number of nitrogens with zero attached hydrogens (tertiary/aromatic N) is 3. The fourth-order valence-corrected chi connectivity index (χ4v) is 2.16. The molecule has 1 aromatic heterocycles. The lowest BCUT2D eigenvalue weighted by Gasteiger charge is -2.17. The molecule has 0 aliphatic carbocycles. The summed E-state index contributed by atoms with van der Waals surface area (Å²) < 4.78 is 2.05. The van der Waals surface area contributed by atoms with Crippen molar-refractivity contribution in [2.75, 3.05) is 26.2 Å². The Labute approximate surface area is 110 Å². The van der Waals surface area contributed by atoms with E-state index in [4.69, 9.17) is 0 Å². The lowest BCUT2D eigenvalue weighted by atomic mass is 10.3. The summed E-state index contributed by atoms with van der Waals surface area (Å²) in [4.78, 5) is 2.51. The van der Waals surface area contributed by atoms with Crippen LogP contribution < -0.4 is 5.32 Å². The molecule has 98 valence electrons. The van der Waals surface area contributed by atoms with Crippen LogP contribution in [0.1, 0.15) is 25.3 Å². The van der Waals surface area contributed by atoms with Gasteiger partial charge in [0.05, 0.1) is 6.20 Å². The van der Waals surface area contributed by atoms with Gasteiger partial charge in [0.1, 0.15) is 0 Å². The van der Waals surface area contributed by atoms with E-state index in [1.54, 1.807) is 0 Å². The zero-order valence-electron chi connectivity index (χ0n) is 10.6. The summed E-state index contributed by atoms with van der Waals surface area (Å²) >= 11 is 0.